The molecule has 28 heavy (non-hydrogen) atoms. The Balaban J connectivity index is 1.81. The lowest BCUT2D eigenvalue weighted by molar-refractivity contribution is 0.0697. The molecule has 0 fully saturated rings. The molecule has 4 aromatic rings. The van der Waals surface area contributed by atoms with Crippen LogP contribution in [0.4, 0.5) is 5.82 Å². The number of hydrogen-bond acceptors (Lipinski definition) is 4. The molecule has 1 atom stereocenters. The lowest BCUT2D eigenvalue weighted by atomic mass is 9.96. The molecule has 0 spiro atoms. The fourth-order valence-corrected chi connectivity index (χ4v) is 3.38. The van der Waals surface area contributed by atoms with E-state index in [1.165, 1.54) is 0 Å². The van der Waals surface area contributed by atoms with Crippen LogP contribution in [0.15, 0.2) is 79.1 Å². The lowest BCUT2D eigenvalue weighted by Crippen LogP contribution is -2.14. The van der Waals surface area contributed by atoms with Crippen molar-refractivity contribution in [2.24, 2.45) is 0 Å². The van der Waals surface area contributed by atoms with Crippen LogP contribution in [-0.4, -0.2) is 21.0 Å². The molecule has 0 aliphatic heterocycles. The molecule has 0 aliphatic carbocycles. The number of rotatable bonds is 5. The van der Waals surface area contributed by atoms with Gasteiger partial charge in [0.2, 0.25) is 0 Å². The Labute approximate surface area is 166 Å². The quantitative estimate of drug-likeness (QED) is 0.491. The minimum atomic E-state index is -0.960. The van der Waals surface area contributed by atoms with Crippen molar-refractivity contribution in [3.8, 4) is 0 Å². The van der Waals surface area contributed by atoms with Gasteiger partial charge in [-0.1, -0.05) is 29.8 Å². The van der Waals surface area contributed by atoms with Gasteiger partial charge in [-0.05, 0) is 59.7 Å². The molecule has 1 unspecified atom stereocenters. The summed E-state index contributed by atoms with van der Waals surface area (Å²) < 4.78 is 0. The van der Waals surface area contributed by atoms with E-state index in [0.29, 0.717) is 10.8 Å². The molecule has 0 radical (unpaired) electrons. The number of carbonyl (C=O) groups is 1. The second-order valence-electron chi connectivity index (χ2n) is 6.29. The fourth-order valence-electron chi connectivity index (χ4n) is 3.10. The number of nitrogens with one attached hydrogen (secondary N) is 1. The highest BCUT2D eigenvalue weighted by Gasteiger charge is 2.17. The Morgan fingerprint density at radius 2 is 1.71 bits per heavy atom. The van der Waals surface area contributed by atoms with E-state index in [1.807, 2.05) is 42.5 Å². The van der Waals surface area contributed by atoms with Gasteiger partial charge in [0.25, 0.3) is 0 Å². The van der Waals surface area contributed by atoms with E-state index in [9.17, 15) is 4.79 Å². The molecule has 2 heterocycles. The van der Waals surface area contributed by atoms with Crippen molar-refractivity contribution >= 4 is 34.3 Å². The van der Waals surface area contributed by atoms with E-state index in [0.717, 1.165) is 22.0 Å². The number of aromatic carboxylic acids is 1. The van der Waals surface area contributed by atoms with Crippen LogP contribution in [0.25, 0.3) is 10.9 Å². The highest BCUT2D eigenvalue weighted by molar-refractivity contribution is 6.35. The summed E-state index contributed by atoms with van der Waals surface area (Å²) in [7, 11) is 0. The Morgan fingerprint density at radius 3 is 2.43 bits per heavy atom. The number of carboxylic acids is 1. The van der Waals surface area contributed by atoms with Crippen LogP contribution in [-0.2, 0) is 0 Å². The van der Waals surface area contributed by atoms with Crippen molar-refractivity contribution < 1.29 is 9.90 Å². The normalized spacial score (nSPS) is 11.9. The van der Waals surface area contributed by atoms with Crippen LogP contribution in [0.1, 0.15) is 27.5 Å². The van der Waals surface area contributed by atoms with E-state index in [1.54, 1.807) is 36.7 Å². The standard InChI is InChI=1S/C22H16ClN3O2/c23-18-12-16(13-19-17(18)4-3-11-24-19)21(26-20-5-1-2-10-25-20)14-6-8-15(9-7-14)22(27)28/h1-13,21H,(H,25,26)(H,27,28). The van der Waals surface area contributed by atoms with E-state index in [-0.39, 0.29) is 11.6 Å². The molecular weight excluding hydrogens is 374 g/mol. The van der Waals surface area contributed by atoms with E-state index < -0.39 is 5.97 Å². The van der Waals surface area contributed by atoms with Gasteiger partial charge in [0.05, 0.1) is 22.1 Å². The number of benzene rings is 2. The lowest BCUT2D eigenvalue weighted by Gasteiger charge is -2.21. The SMILES string of the molecule is O=C(O)c1ccc(C(Nc2ccccn2)c2cc(Cl)c3cccnc3c2)cc1. The minimum absolute atomic E-state index is 0.235. The van der Waals surface area contributed by atoms with Gasteiger partial charge in [0.15, 0.2) is 0 Å². The summed E-state index contributed by atoms with van der Waals surface area (Å²) in [4.78, 5) is 19.9. The van der Waals surface area contributed by atoms with Crippen molar-refractivity contribution in [1.82, 2.24) is 9.97 Å². The predicted octanol–water partition coefficient (Wildman–Crippen LogP) is 5.18. The summed E-state index contributed by atoms with van der Waals surface area (Å²) in [6, 6.07) is 19.8. The van der Waals surface area contributed by atoms with Gasteiger partial charge in [-0.15, -0.1) is 0 Å². The predicted molar refractivity (Wildman–Crippen MR) is 110 cm³/mol. The minimum Gasteiger partial charge on any atom is -0.478 e. The maximum Gasteiger partial charge on any atom is 0.335 e. The second kappa shape index (κ2) is 7.66. The number of nitrogens with zero attached hydrogens (tertiary/aromatic N) is 2. The van der Waals surface area contributed by atoms with Crippen molar-refractivity contribution in [2.75, 3.05) is 5.32 Å². The monoisotopic (exact) mass is 389 g/mol. The summed E-state index contributed by atoms with van der Waals surface area (Å²) in [6.07, 6.45) is 3.44. The number of carboxylic acid groups (broad SMARTS) is 1. The van der Waals surface area contributed by atoms with E-state index in [4.69, 9.17) is 16.7 Å². The van der Waals surface area contributed by atoms with Gasteiger partial charge in [-0.2, -0.15) is 0 Å². The smallest absolute Gasteiger partial charge is 0.335 e. The molecule has 138 valence electrons. The molecule has 0 saturated carbocycles. The van der Waals surface area contributed by atoms with Crippen LogP contribution in [0, 0.1) is 0 Å². The fraction of sp³-hybridized carbons (Fsp3) is 0.0455. The Bertz CT molecular complexity index is 1130. The van der Waals surface area contributed by atoms with Gasteiger partial charge in [0, 0.05) is 17.8 Å². The maximum absolute atomic E-state index is 11.2. The van der Waals surface area contributed by atoms with Crippen LogP contribution in [0.3, 0.4) is 0 Å². The average Bonchev–Trinajstić information content (AvgIpc) is 2.73. The molecule has 4 rings (SSSR count). The average molecular weight is 390 g/mol. The van der Waals surface area contributed by atoms with Crippen molar-refractivity contribution in [3.63, 3.8) is 0 Å². The third-order valence-corrected chi connectivity index (χ3v) is 4.79. The number of halogens is 1. The van der Waals surface area contributed by atoms with Crippen LogP contribution >= 0.6 is 11.6 Å². The van der Waals surface area contributed by atoms with E-state index >= 15 is 0 Å². The summed E-state index contributed by atoms with van der Waals surface area (Å²) in [5, 5.41) is 14.1. The van der Waals surface area contributed by atoms with Crippen LogP contribution < -0.4 is 5.32 Å². The first-order chi connectivity index (χ1) is 13.6. The molecule has 5 nitrogen and oxygen atoms in total. The molecule has 0 saturated heterocycles. The highest BCUT2D eigenvalue weighted by Crippen LogP contribution is 2.32. The Morgan fingerprint density at radius 1 is 0.929 bits per heavy atom. The topological polar surface area (TPSA) is 75.1 Å². The first-order valence-corrected chi connectivity index (χ1v) is 9.04. The molecule has 2 aromatic carbocycles. The van der Waals surface area contributed by atoms with Crippen molar-refractivity contribution in [1.29, 1.82) is 0 Å². The zero-order valence-electron chi connectivity index (χ0n) is 14.7. The van der Waals surface area contributed by atoms with E-state index in [2.05, 4.69) is 15.3 Å². The molecule has 0 aliphatic rings. The van der Waals surface area contributed by atoms with Crippen LogP contribution in [0.5, 0.6) is 0 Å². The molecule has 2 aromatic heterocycles. The molecule has 2 N–H and O–H groups in total. The first kappa shape index (κ1) is 17.9. The molecule has 0 amide bonds. The number of anilines is 1. The van der Waals surface area contributed by atoms with Gasteiger partial charge >= 0.3 is 5.97 Å². The number of fused-ring (bicyclic) bond motifs is 1. The third-order valence-electron chi connectivity index (χ3n) is 4.47. The third kappa shape index (κ3) is 3.66. The van der Waals surface area contributed by atoms with Crippen molar-refractivity contribution in [3.05, 3.63) is 101 Å². The molecule has 0 bridgehead atoms. The Hall–Kier alpha value is -3.44. The zero-order valence-corrected chi connectivity index (χ0v) is 15.5. The van der Waals surface area contributed by atoms with Gasteiger partial charge in [-0.25, -0.2) is 9.78 Å². The van der Waals surface area contributed by atoms with Crippen molar-refractivity contribution in [2.45, 2.75) is 6.04 Å². The molecular formula is C22H16ClN3O2. The maximum atomic E-state index is 11.2. The van der Waals surface area contributed by atoms with Crippen LogP contribution in [0.2, 0.25) is 5.02 Å². The first-order valence-electron chi connectivity index (χ1n) is 8.67. The number of aromatic nitrogens is 2. The summed E-state index contributed by atoms with van der Waals surface area (Å²) in [5.74, 6) is -0.259. The van der Waals surface area contributed by atoms with Gasteiger partial charge in [-0.3, -0.25) is 4.98 Å². The highest BCUT2D eigenvalue weighted by atomic mass is 35.5. The number of pyridine rings is 2. The van der Waals surface area contributed by atoms with Gasteiger partial charge in [0.1, 0.15) is 5.82 Å². The summed E-state index contributed by atoms with van der Waals surface area (Å²) >= 11 is 6.50. The summed E-state index contributed by atoms with van der Waals surface area (Å²) in [5.41, 5.74) is 2.82. The Kier molecular flexibility index (Phi) is 4.91. The number of hydrogen-bond donors (Lipinski definition) is 2. The van der Waals surface area contributed by atoms with Gasteiger partial charge < -0.3 is 10.4 Å². The zero-order chi connectivity index (χ0) is 19.5. The molecule has 6 heteroatoms. The summed E-state index contributed by atoms with van der Waals surface area (Å²) in [6.45, 7) is 0. The second-order valence-corrected chi connectivity index (χ2v) is 6.70. The largest absolute Gasteiger partial charge is 0.478 e.